The Bertz CT molecular complexity index is 622. The minimum absolute atomic E-state index is 0.788. The molecule has 0 aliphatic heterocycles. The van der Waals surface area contributed by atoms with Crippen molar-refractivity contribution in [1.29, 1.82) is 0 Å². The Morgan fingerprint density at radius 3 is 1.89 bits per heavy atom. The molecule has 0 aliphatic carbocycles. The fraction of sp³-hybridized carbons (Fsp3) is 0.600. The average molecular weight is 383 g/mol. The van der Waals surface area contributed by atoms with Crippen LogP contribution in [-0.2, 0) is 6.42 Å². The molecule has 28 heavy (non-hydrogen) atoms. The van der Waals surface area contributed by atoms with Gasteiger partial charge in [0.15, 0.2) is 5.82 Å². The Morgan fingerprint density at radius 1 is 0.679 bits per heavy atom. The standard InChI is InChI=1S/C25H38N2O/c1-3-5-7-9-10-11-13-19-28-24-17-15-23(16-18-24)25-26-20-22(21-27-25)14-12-8-6-4-2/h15-18,20-21H,3-14,19H2,1-2H3. The molecule has 0 bridgehead atoms. The van der Waals surface area contributed by atoms with Crippen molar-refractivity contribution >= 4 is 0 Å². The highest BCUT2D eigenvalue weighted by molar-refractivity contribution is 5.55. The van der Waals surface area contributed by atoms with E-state index in [-0.39, 0.29) is 0 Å². The molecule has 1 aromatic heterocycles. The first-order valence-corrected chi connectivity index (χ1v) is 11.4. The number of benzene rings is 1. The molecule has 0 fully saturated rings. The molecule has 0 saturated heterocycles. The number of aromatic nitrogens is 2. The normalized spacial score (nSPS) is 10.9. The SMILES string of the molecule is CCCCCCCCCOc1ccc(-c2ncc(CCCCCC)cn2)cc1. The predicted octanol–water partition coefficient (Wildman–Crippen LogP) is 7.40. The molecule has 0 atom stereocenters. The maximum Gasteiger partial charge on any atom is 0.159 e. The van der Waals surface area contributed by atoms with E-state index in [0.717, 1.165) is 36.6 Å². The van der Waals surface area contributed by atoms with Crippen LogP contribution in [0.2, 0.25) is 0 Å². The Hall–Kier alpha value is -1.90. The number of aryl methyl sites for hydroxylation is 1. The molecule has 3 heteroatoms. The van der Waals surface area contributed by atoms with Crippen molar-refractivity contribution in [3.8, 4) is 17.1 Å². The molecule has 0 spiro atoms. The van der Waals surface area contributed by atoms with Crippen LogP contribution < -0.4 is 4.74 Å². The number of hydrogen-bond donors (Lipinski definition) is 0. The number of ether oxygens (including phenoxy) is 1. The highest BCUT2D eigenvalue weighted by Crippen LogP contribution is 2.20. The summed E-state index contributed by atoms with van der Waals surface area (Å²) in [6.07, 6.45) is 19.3. The zero-order valence-corrected chi connectivity index (χ0v) is 18.0. The molecular weight excluding hydrogens is 344 g/mol. The summed E-state index contributed by atoms with van der Waals surface area (Å²) in [5, 5.41) is 0. The lowest BCUT2D eigenvalue weighted by Crippen LogP contribution is -1.97. The Balaban J connectivity index is 1.68. The van der Waals surface area contributed by atoms with Crippen molar-refractivity contribution in [2.45, 2.75) is 90.9 Å². The van der Waals surface area contributed by atoms with E-state index >= 15 is 0 Å². The third-order valence-corrected chi connectivity index (χ3v) is 5.15. The number of hydrogen-bond acceptors (Lipinski definition) is 3. The van der Waals surface area contributed by atoms with Gasteiger partial charge in [0.25, 0.3) is 0 Å². The van der Waals surface area contributed by atoms with Gasteiger partial charge in [-0.3, -0.25) is 0 Å². The van der Waals surface area contributed by atoms with Gasteiger partial charge in [0.1, 0.15) is 5.75 Å². The molecule has 154 valence electrons. The van der Waals surface area contributed by atoms with E-state index in [1.165, 1.54) is 69.8 Å². The fourth-order valence-corrected chi connectivity index (χ4v) is 3.34. The molecule has 2 aromatic rings. The highest BCUT2D eigenvalue weighted by atomic mass is 16.5. The Labute approximate surface area is 172 Å². The number of unbranched alkanes of at least 4 members (excludes halogenated alkanes) is 9. The minimum Gasteiger partial charge on any atom is -0.494 e. The van der Waals surface area contributed by atoms with Crippen LogP contribution in [0.4, 0.5) is 0 Å². The summed E-state index contributed by atoms with van der Waals surface area (Å²) in [6, 6.07) is 8.16. The summed E-state index contributed by atoms with van der Waals surface area (Å²) in [4.78, 5) is 9.09. The molecule has 0 radical (unpaired) electrons. The summed E-state index contributed by atoms with van der Waals surface area (Å²) in [7, 11) is 0. The smallest absolute Gasteiger partial charge is 0.159 e. The lowest BCUT2D eigenvalue weighted by Gasteiger charge is -2.07. The quantitative estimate of drug-likeness (QED) is 0.301. The average Bonchev–Trinajstić information content (AvgIpc) is 2.74. The molecular formula is C25H38N2O. The van der Waals surface area contributed by atoms with Gasteiger partial charge in [-0.2, -0.15) is 0 Å². The van der Waals surface area contributed by atoms with Crippen molar-refractivity contribution in [3.05, 3.63) is 42.2 Å². The van der Waals surface area contributed by atoms with Gasteiger partial charge in [0.05, 0.1) is 6.61 Å². The summed E-state index contributed by atoms with van der Waals surface area (Å²) in [5.74, 6) is 1.72. The first-order valence-electron chi connectivity index (χ1n) is 11.4. The van der Waals surface area contributed by atoms with Crippen LogP contribution in [0.25, 0.3) is 11.4 Å². The van der Waals surface area contributed by atoms with Gasteiger partial charge in [-0.1, -0.05) is 71.6 Å². The van der Waals surface area contributed by atoms with Gasteiger partial charge >= 0.3 is 0 Å². The second-order valence-electron chi connectivity index (χ2n) is 7.72. The first-order chi connectivity index (χ1) is 13.8. The monoisotopic (exact) mass is 382 g/mol. The number of rotatable bonds is 15. The summed E-state index contributed by atoms with van der Waals surface area (Å²) in [5.41, 5.74) is 2.27. The van der Waals surface area contributed by atoms with E-state index in [9.17, 15) is 0 Å². The largest absolute Gasteiger partial charge is 0.494 e. The van der Waals surface area contributed by atoms with Gasteiger partial charge in [0.2, 0.25) is 0 Å². The summed E-state index contributed by atoms with van der Waals surface area (Å²) >= 11 is 0. The van der Waals surface area contributed by atoms with E-state index in [1.807, 2.05) is 24.5 Å². The zero-order valence-electron chi connectivity index (χ0n) is 18.0. The van der Waals surface area contributed by atoms with Crippen LogP contribution in [0.15, 0.2) is 36.7 Å². The predicted molar refractivity (Wildman–Crippen MR) is 119 cm³/mol. The molecule has 2 rings (SSSR count). The molecule has 0 N–H and O–H groups in total. The third kappa shape index (κ3) is 8.86. The van der Waals surface area contributed by atoms with Crippen LogP contribution in [-0.4, -0.2) is 16.6 Å². The topological polar surface area (TPSA) is 35.0 Å². The van der Waals surface area contributed by atoms with Crippen molar-refractivity contribution in [1.82, 2.24) is 9.97 Å². The molecule has 0 aliphatic rings. The van der Waals surface area contributed by atoms with Crippen LogP contribution in [0.1, 0.15) is 90.0 Å². The van der Waals surface area contributed by atoms with E-state index < -0.39 is 0 Å². The lowest BCUT2D eigenvalue weighted by molar-refractivity contribution is 0.304. The van der Waals surface area contributed by atoms with E-state index in [2.05, 4.69) is 35.9 Å². The first kappa shape index (κ1) is 22.4. The van der Waals surface area contributed by atoms with Gasteiger partial charge in [-0.25, -0.2) is 9.97 Å². The van der Waals surface area contributed by atoms with E-state index in [0.29, 0.717) is 0 Å². The third-order valence-electron chi connectivity index (χ3n) is 5.15. The summed E-state index contributed by atoms with van der Waals surface area (Å²) in [6.45, 7) is 5.30. The molecule has 1 heterocycles. The molecule has 3 nitrogen and oxygen atoms in total. The summed E-state index contributed by atoms with van der Waals surface area (Å²) < 4.78 is 5.87. The maximum absolute atomic E-state index is 5.87. The highest BCUT2D eigenvalue weighted by Gasteiger charge is 2.03. The van der Waals surface area contributed by atoms with Crippen molar-refractivity contribution in [2.24, 2.45) is 0 Å². The number of nitrogens with zero attached hydrogens (tertiary/aromatic N) is 2. The zero-order chi connectivity index (χ0) is 19.9. The van der Waals surface area contributed by atoms with Crippen molar-refractivity contribution in [3.63, 3.8) is 0 Å². The Morgan fingerprint density at radius 2 is 1.25 bits per heavy atom. The molecule has 0 unspecified atom stereocenters. The molecule has 0 saturated carbocycles. The lowest BCUT2D eigenvalue weighted by atomic mass is 10.1. The van der Waals surface area contributed by atoms with Crippen LogP contribution in [0.3, 0.4) is 0 Å². The van der Waals surface area contributed by atoms with E-state index in [4.69, 9.17) is 4.74 Å². The second kappa shape index (κ2) is 14.1. The van der Waals surface area contributed by atoms with Gasteiger partial charge in [-0.05, 0) is 49.1 Å². The Kier molecular flexibility index (Phi) is 11.3. The molecule has 0 amide bonds. The van der Waals surface area contributed by atoms with Gasteiger partial charge in [-0.15, -0.1) is 0 Å². The van der Waals surface area contributed by atoms with Crippen LogP contribution >= 0.6 is 0 Å². The second-order valence-corrected chi connectivity index (χ2v) is 7.72. The fourth-order valence-electron chi connectivity index (χ4n) is 3.34. The van der Waals surface area contributed by atoms with Crippen LogP contribution in [0, 0.1) is 0 Å². The van der Waals surface area contributed by atoms with Crippen molar-refractivity contribution in [2.75, 3.05) is 6.61 Å². The van der Waals surface area contributed by atoms with Crippen LogP contribution in [0.5, 0.6) is 5.75 Å². The van der Waals surface area contributed by atoms with Gasteiger partial charge in [0, 0.05) is 18.0 Å². The van der Waals surface area contributed by atoms with Gasteiger partial charge < -0.3 is 4.74 Å². The molecule has 1 aromatic carbocycles. The van der Waals surface area contributed by atoms with Crippen molar-refractivity contribution < 1.29 is 4.74 Å². The van der Waals surface area contributed by atoms with E-state index in [1.54, 1.807) is 0 Å². The minimum atomic E-state index is 0.788. The maximum atomic E-state index is 5.87.